The van der Waals surface area contributed by atoms with Gasteiger partial charge >= 0.3 is 0 Å². The van der Waals surface area contributed by atoms with Gasteiger partial charge in [-0.05, 0) is 43.7 Å². The van der Waals surface area contributed by atoms with E-state index >= 15 is 0 Å². The van der Waals surface area contributed by atoms with Crippen LogP contribution in [0.4, 0.5) is 0 Å². The second-order valence-electron chi connectivity index (χ2n) is 5.92. The zero-order valence-corrected chi connectivity index (χ0v) is 13.1. The highest BCUT2D eigenvalue weighted by Crippen LogP contribution is 2.36. The van der Waals surface area contributed by atoms with E-state index in [2.05, 4.69) is 16.7 Å². The average molecular weight is 302 g/mol. The Bertz CT molecular complexity index is 567. The average Bonchev–Trinajstić information content (AvgIpc) is 3.00. The Kier molecular flexibility index (Phi) is 4.62. The Morgan fingerprint density at radius 1 is 1.29 bits per heavy atom. The minimum Gasteiger partial charge on any atom is -0.335 e. The molecule has 112 valence electrons. The quantitative estimate of drug-likeness (QED) is 0.811. The van der Waals surface area contributed by atoms with Crippen LogP contribution in [0.25, 0.3) is 0 Å². The molecule has 1 amide bonds. The molecule has 2 fully saturated rings. The van der Waals surface area contributed by atoms with E-state index < -0.39 is 0 Å². The first-order chi connectivity index (χ1) is 10.3. The van der Waals surface area contributed by atoms with Gasteiger partial charge in [0.15, 0.2) is 0 Å². The van der Waals surface area contributed by atoms with Gasteiger partial charge in [0, 0.05) is 12.6 Å². The summed E-state index contributed by atoms with van der Waals surface area (Å²) in [4.78, 5) is 16.7. The lowest BCUT2D eigenvalue weighted by molar-refractivity contribution is 0.0395. The van der Waals surface area contributed by atoms with Crippen molar-refractivity contribution < 1.29 is 4.79 Å². The maximum Gasteiger partial charge on any atom is 0.264 e. The van der Waals surface area contributed by atoms with Crippen LogP contribution in [0.5, 0.6) is 0 Å². The number of fused-ring (bicyclic) bond motifs is 1. The predicted molar refractivity (Wildman–Crippen MR) is 86.3 cm³/mol. The lowest BCUT2D eigenvalue weighted by atomic mass is 9.78. The summed E-state index contributed by atoms with van der Waals surface area (Å²) in [6, 6.07) is 4.32. The van der Waals surface area contributed by atoms with Gasteiger partial charge in [-0.25, -0.2) is 0 Å². The summed E-state index contributed by atoms with van der Waals surface area (Å²) in [6.45, 7) is 1.28. The van der Waals surface area contributed by atoms with Gasteiger partial charge in [0.05, 0.1) is 16.3 Å². The van der Waals surface area contributed by atoms with Crippen LogP contribution in [-0.2, 0) is 0 Å². The summed E-state index contributed by atoms with van der Waals surface area (Å²) in [5.74, 6) is 6.79. The van der Waals surface area contributed by atoms with Crippen LogP contribution in [0.3, 0.4) is 0 Å². The van der Waals surface area contributed by atoms with Gasteiger partial charge in [-0.15, -0.1) is 11.3 Å². The largest absolute Gasteiger partial charge is 0.335 e. The third kappa shape index (κ3) is 3.14. The van der Waals surface area contributed by atoms with Gasteiger partial charge in [-0.3, -0.25) is 4.79 Å². The number of hydrogen-bond donors (Lipinski definition) is 1. The molecule has 1 aromatic rings. The maximum absolute atomic E-state index is 12.8. The van der Waals surface area contributed by atoms with Crippen LogP contribution in [0, 0.1) is 17.8 Å². The monoisotopic (exact) mass is 302 g/mol. The molecule has 0 spiro atoms. The number of carbonyl (C=O) groups excluding carboxylic acids is 1. The van der Waals surface area contributed by atoms with Crippen molar-refractivity contribution in [2.45, 2.75) is 44.6 Å². The summed E-state index contributed by atoms with van der Waals surface area (Å²) in [6.07, 6.45) is 7.53. The van der Waals surface area contributed by atoms with Gasteiger partial charge in [0.2, 0.25) is 0 Å². The number of rotatable bonds is 1. The first kappa shape index (κ1) is 14.6. The summed E-state index contributed by atoms with van der Waals surface area (Å²) in [5.41, 5.74) is 5.39. The number of likely N-dealkylation sites (tertiary alicyclic amines) is 1. The number of amides is 1. The van der Waals surface area contributed by atoms with E-state index in [4.69, 9.17) is 5.73 Å². The molecule has 0 radical (unpaired) electrons. The number of nitrogens with zero attached hydrogens (tertiary/aromatic N) is 1. The van der Waals surface area contributed by atoms with E-state index in [-0.39, 0.29) is 5.91 Å². The highest BCUT2D eigenvalue weighted by molar-refractivity contribution is 7.14. The first-order valence-corrected chi connectivity index (χ1v) is 8.71. The van der Waals surface area contributed by atoms with Crippen molar-refractivity contribution in [2.24, 2.45) is 11.7 Å². The maximum atomic E-state index is 12.8. The fourth-order valence-corrected chi connectivity index (χ4v) is 4.51. The second-order valence-corrected chi connectivity index (χ2v) is 7.01. The van der Waals surface area contributed by atoms with Crippen molar-refractivity contribution in [2.75, 3.05) is 13.1 Å². The summed E-state index contributed by atoms with van der Waals surface area (Å²) >= 11 is 1.49. The standard InChI is InChI=1S/C17H22N2OS/c18-11-3-7-14-9-10-16(21-14)17(20)19-12-4-6-13-5-1-2-8-15(13)19/h9-10,13,15H,1-2,4-6,8,11-12,18H2/t13-,15-/m1/s1. The van der Waals surface area contributed by atoms with Crippen molar-refractivity contribution >= 4 is 17.2 Å². The molecule has 0 unspecified atom stereocenters. The Hall–Kier alpha value is -1.31. The summed E-state index contributed by atoms with van der Waals surface area (Å²) in [5, 5.41) is 0. The summed E-state index contributed by atoms with van der Waals surface area (Å²) in [7, 11) is 0. The van der Waals surface area contributed by atoms with Gasteiger partial charge < -0.3 is 10.6 Å². The van der Waals surface area contributed by atoms with E-state index in [1.54, 1.807) is 0 Å². The third-order valence-electron chi connectivity index (χ3n) is 4.63. The molecule has 1 saturated heterocycles. The SMILES string of the molecule is NCC#Cc1ccc(C(=O)N2CCC[C@H]3CCCC[C@H]32)s1. The molecule has 0 bridgehead atoms. The molecule has 1 aliphatic heterocycles. The fourth-order valence-electron chi connectivity index (χ4n) is 3.68. The predicted octanol–water partition coefficient (Wildman–Crippen LogP) is 2.85. The molecule has 1 aromatic heterocycles. The molecular weight excluding hydrogens is 280 g/mol. The molecule has 1 saturated carbocycles. The molecule has 21 heavy (non-hydrogen) atoms. The minimum atomic E-state index is 0.206. The molecule has 2 atom stereocenters. The van der Waals surface area contributed by atoms with Crippen LogP contribution in [0.2, 0.25) is 0 Å². The first-order valence-electron chi connectivity index (χ1n) is 7.89. The van der Waals surface area contributed by atoms with E-state index in [9.17, 15) is 4.79 Å². The third-order valence-corrected chi connectivity index (χ3v) is 5.62. The molecule has 4 heteroatoms. The lowest BCUT2D eigenvalue weighted by Crippen LogP contribution is -2.49. The van der Waals surface area contributed by atoms with Gasteiger partial charge in [0.25, 0.3) is 5.91 Å². The summed E-state index contributed by atoms with van der Waals surface area (Å²) < 4.78 is 0. The fraction of sp³-hybridized carbons (Fsp3) is 0.588. The minimum absolute atomic E-state index is 0.206. The highest BCUT2D eigenvalue weighted by Gasteiger charge is 2.36. The van der Waals surface area contributed by atoms with E-state index in [1.165, 1.54) is 43.4 Å². The van der Waals surface area contributed by atoms with Crippen molar-refractivity contribution in [3.8, 4) is 11.8 Å². The molecule has 0 aromatic carbocycles. The highest BCUT2D eigenvalue weighted by atomic mass is 32.1. The molecular formula is C17H22N2OS. The second kappa shape index (κ2) is 6.64. The zero-order valence-electron chi connectivity index (χ0n) is 12.3. The van der Waals surface area contributed by atoms with Crippen molar-refractivity contribution in [1.82, 2.24) is 4.90 Å². The number of piperidine rings is 1. The van der Waals surface area contributed by atoms with Crippen LogP contribution in [0.15, 0.2) is 12.1 Å². The Morgan fingerprint density at radius 3 is 2.95 bits per heavy atom. The molecule has 1 aliphatic carbocycles. The molecule has 2 N–H and O–H groups in total. The van der Waals surface area contributed by atoms with Crippen LogP contribution >= 0.6 is 11.3 Å². The van der Waals surface area contributed by atoms with Crippen molar-refractivity contribution in [3.63, 3.8) is 0 Å². The van der Waals surface area contributed by atoms with E-state index in [0.717, 1.165) is 28.6 Å². The smallest absolute Gasteiger partial charge is 0.264 e. The lowest BCUT2D eigenvalue weighted by Gasteiger charge is -2.44. The molecule has 2 heterocycles. The topological polar surface area (TPSA) is 46.3 Å². The van der Waals surface area contributed by atoms with Gasteiger partial charge in [-0.2, -0.15) is 0 Å². The van der Waals surface area contributed by atoms with Gasteiger partial charge in [-0.1, -0.05) is 24.7 Å². The molecule has 3 rings (SSSR count). The van der Waals surface area contributed by atoms with E-state index in [0.29, 0.717) is 12.6 Å². The van der Waals surface area contributed by atoms with Crippen LogP contribution < -0.4 is 5.73 Å². The van der Waals surface area contributed by atoms with Crippen molar-refractivity contribution in [1.29, 1.82) is 0 Å². The molecule has 2 aliphatic rings. The Balaban J connectivity index is 1.75. The van der Waals surface area contributed by atoms with Crippen LogP contribution in [0.1, 0.15) is 53.1 Å². The van der Waals surface area contributed by atoms with Gasteiger partial charge in [0.1, 0.15) is 0 Å². The Labute approximate surface area is 130 Å². The van der Waals surface area contributed by atoms with E-state index in [1.807, 2.05) is 12.1 Å². The number of hydrogen-bond acceptors (Lipinski definition) is 3. The normalized spacial score (nSPS) is 24.9. The number of thiophene rings is 1. The molecule has 3 nitrogen and oxygen atoms in total. The number of nitrogens with two attached hydrogens (primary N) is 1. The van der Waals surface area contributed by atoms with Crippen LogP contribution in [-0.4, -0.2) is 29.9 Å². The number of carbonyl (C=O) groups is 1. The zero-order chi connectivity index (χ0) is 14.7. The Morgan fingerprint density at radius 2 is 2.10 bits per heavy atom. The van der Waals surface area contributed by atoms with Crippen molar-refractivity contribution in [3.05, 3.63) is 21.9 Å².